The highest BCUT2D eigenvalue weighted by molar-refractivity contribution is 9.10. The highest BCUT2D eigenvalue weighted by Gasteiger charge is 2.22. The second kappa shape index (κ2) is 7.04. The van der Waals surface area contributed by atoms with Crippen LogP contribution in [-0.2, 0) is 19.5 Å². The second-order valence-corrected chi connectivity index (χ2v) is 8.09. The van der Waals surface area contributed by atoms with Crippen LogP contribution in [0.5, 0.6) is 0 Å². The molecule has 0 radical (unpaired) electrons. The summed E-state index contributed by atoms with van der Waals surface area (Å²) >= 11 is 3.55. The lowest BCUT2D eigenvalue weighted by atomic mass is 10.1. The Morgan fingerprint density at radius 2 is 2.00 bits per heavy atom. The van der Waals surface area contributed by atoms with Gasteiger partial charge in [0.2, 0.25) is 0 Å². The maximum absolute atomic E-state index is 12.7. The van der Waals surface area contributed by atoms with Crippen LogP contribution in [0.2, 0.25) is 0 Å². The Balaban J connectivity index is 1.42. The SMILES string of the molecule is O=c1[nH]c(-c2ccccc2)nc2c1CN(Cc1c[nH]c3ccc(Br)cc13)CC2. The van der Waals surface area contributed by atoms with Crippen molar-refractivity contribution in [2.24, 2.45) is 0 Å². The van der Waals surface area contributed by atoms with Gasteiger partial charge in [-0.2, -0.15) is 0 Å². The van der Waals surface area contributed by atoms with Crippen LogP contribution in [0.4, 0.5) is 0 Å². The predicted molar refractivity (Wildman–Crippen MR) is 114 cm³/mol. The van der Waals surface area contributed by atoms with Crippen molar-refractivity contribution in [3.8, 4) is 11.4 Å². The minimum absolute atomic E-state index is 0.0322. The minimum Gasteiger partial charge on any atom is -0.361 e. The smallest absolute Gasteiger partial charge is 0.255 e. The highest BCUT2D eigenvalue weighted by atomic mass is 79.9. The average molecular weight is 435 g/mol. The molecule has 2 N–H and O–H groups in total. The molecular weight excluding hydrogens is 416 g/mol. The number of aromatic amines is 2. The molecule has 0 unspecified atom stereocenters. The van der Waals surface area contributed by atoms with Crippen LogP contribution in [0.1, 0.15) is 16.8 Å². The first kappa shape index (κ1) is 17.4. The van der Waals surface area contributed by atoms with Gasteiger partial charge in [0, 0.05) is 53.2 Å². The molecule has 0 saturated carbocycles. The van der Waals surface area contributed by atoms with E-state index >= 15 is 0 Å². The van der Waals surface area contributed by atoms with E-state index in [1.165, 1.54) is 10.9 Å². The number of H-pyrrole nitrogens is 2. The number of rotatable bonds is 3. The number of fused-ring (bicyclic) bond motifs is 2. The summed E-state index contributed by atoms with van der Waals surface area (Å²) in [6.07, 6.45) is 2.85. The van der Waals surface area contributed by atoms with Crippen molar-refractivity contribution in [1.82, 2.24) is 19.9 Å². The molecule has 1 aliphatic heterocycles. The zero-order valence-corrected chi connectivity index (χ0v) is 16.8. The van der Waals surface area contributed by atoms with Gasteiger partial charge in [-0.15, -0.1) is 0 Å². The Labute approximate surface area is 170 Å². The second-order valence-electron chi connectivity index (χ2n) is 7.17. The number of hydrogen-bond donors (Lipinski definition) is 2. The van der Waals surface area contributed by atoms with Gasteiger partial charge in [-0.3, -0.25) is 9.69 Å². The first-order valence-electron chi connectivity index (χ1n) is 9.33. The van der Waals surface area contributed by atoms with Crippen molar-refractivity contribution in [1.29, 1.82) is 0 Å². The van der Waals surface area contributed by atoms with E-state index in [1.54, 1.807) is 0 Å². The Bertz CT molecular complexity index is 1210. The minimum atomic E-state index is -0.0322. The Morgan fingerprint density at radius 1 is 1.14 bits per heavy atom. The number of nitrogens with zero attached hydrogens (tertiary/aromatic N) is 2. The van der Waals surface area contributed by atoms with E-state index in [-0.39, 0.29) is 5.56 Å². The zero-order chi connectivity index (χ0) is 19.1. The maximum atomic E-state index is 12.7. The molecule has 140 valence electrons. The van der Waals surface area contributed by atoms with Gasteiger partial charge >= 0.3 is 0 Å². The van der Waals surface area contributed by atoms with Gasteiger partial charge in [-0.1, -0.05) is 46.3 Å². The zero-order valence-electron chi connectivity index (χ0n) is 15.2. The highest BCUT2D eigenvalue weighted by Crippen LogP contribution is 2.25. The number of halogens is 1. The molecule has 2 aromatic carbocycles. The lowest BCUT2D eigenvalue weighted by Gasteiger charge is -2.27. The first-order valence-corrected chi connectivity index (χ1v) is 10.1. The third kappa shape index (κ3) is 3.19. The normalized spacial score (nSPS) is 14.3. The molecule has 0 fully saturated rings. The van der Waals surface area contributed by atoms with Crippen molar-refractivity contribution in [3.63, 3.8) is 0 Å². The van der Waals surface area contributed by atoms with Crippen molar-refractivity contribution >= 4 is 26.8 Å². The summed E-state index contributed by atoms with van der Waals surface area (Å²) in [6.45, 7) is 2.31. The maximum Gasteiger partial charge on any atom is 0.255 e. The summed E-state index contributed by atoms with van der Waals surface area (Å²) in [5.41, 5.74) is 4.98. The quantitative estimate of drug-likeness (QED) is 0.506. The monoisotopic (exact) mass is 434 g/mol. The Hall–Kier alpha value is -2.70. The van der Waals surface area contributed by atoms with Crippen molar-refractivity contribution < 1.29 is 0 Å². The van der Waals surface area contributed by atoms with Crippen molar-refractivity contribution in [3.05, 3.63) is 86.4 Å². The lowest BCUT2D eigenvalue weighted by molar-refractivity contribution is 0.242. The summed E-state index contributed by atoms with van der Waals surface area (Å²) in [5, 5.41) is 1.21. The molecule has 6 heteroatoms. The molecule has 0 aliphatic carbocycles. The van der Waals surface area contributed by atoms with Crippen LogP contribution in [0.25, 0.3) is 22.3 Å². The van der Waals surface area contributed by atoms with Crippen LogP contribution in [0.3, 0.4) is 0 Å². The molecule has 0 spiro atoms. The van der Waals surface area contributed by atoms with Gasteiger partial charge in [-0.05, 0) is 23.8 Å². The predicted octanol–water partition coefficient (Wildman–Crippen LogP) is 4.24. The van der Waals surface area contributed by atoms with E-state index in [1.807, 2.05) is 36.4 Å². The van der Waals surface area contributed by atoms with Gasteiger partial charge in [0.05, 0.1) is 11.3 Å². The fourth-order valence-corrected chi connectivity index (χ4v) is 4.23. The van der Waals surface area contributed by atoms with Crippen LogP contribution in [-0.4, -0.2) is 26.4 Å². The van der Waals surface area contributed by atoms with E-state index in [4.69, 9.17) is 4.98 Å². The van der Waals surface area contributed by atoms with Gasteiger partial charge in [0.1, 0.15) is 5.82 Å². The molecule has 0 saturated heterocycles. The lowest BCUT2D eigenvalue weighted by Crippen LogP contribution is -2.35. The van der Waals surface area contributed by atoms with Crippen LogP contribution >= 0.6 is 15.9 Å². The largest absolute Gasteiger partial charge is 0.361 e. The van der Waals surface area contributed by atoms with E-state index in [0.29, 0.717) is 12.4 Å². The number of aromatic nitrogens is 3. The van der Waals surface area contributed by atoms with Gasteiger partial charge in [0.15, 0.2) is 0 Å². The Morgan fingerprint density at radius 3 is 2.86 bits per heavy atom. The summed E-state index contributed by atoms with van der Waals surface area (Å²) in [4.78, 5) is 26.1. The molecule has 2 aromatic heterocycles. The van der Waals surface area contributed by atoms with Crippen LogP contribution < -0.4 is 5.56 Å². The Kier molecular flexibility index (Phi) is 4.37. The molecule has 0 bridgehead atoms. The number of hydrogen-bond acceptors (Lipinski definition) is 3. The molecule has 0 atom stereocenters. The summed E-state index contributed by atoms with van der Waals surface area (Å²) in [6, 6.07) is 16.1. The van der Waals surface area contributed by atoms with E-state index in [0.717, 1.165) is 46.3 Å². The van der Waals surface area contributed by atoms with E-state index in [9.17, 15) is 4.79 Å². The fraction of sp³-hybridized carbons (Fsp3) is 0.182. The van der Waals surface area contributed by atoms with Crippen LogP contribution in [0.15, 0.2) is 64.0 Å². The third-order valence-corrected chi connectivity index (χ3v) is 5.81. The molecular formula is C22H19BrN4O. The third-order valence-electron chi connectivity index (χ3n) is 5.32. The fourth-order valence-electron chi connectivity index (χ4n) is 3.87. The number of nitrogens with one attached hydrogen (secondary N) is 2. The molecule has 4 aromatic rings. The summed E-state index contributed by atoms with van der Waals surface area (Å²) in [5.74, 6) is 0.652. The first-order chi connectivity index (χ1) is 13.7. The van der Waals surface area contributed by atoms with Crippen molar-refractivity contribution in [2.75, 3.05) is 6.54 Å². The van der Waals surface area contributed by atoms with Gasteiger partial charge < -0.3 is 9.97 Å². The summed E-state index contributed by atoms with van der Waals surface area (Å²) in [7, 11) is 0. The summed E-state index contributed by atoms with van der Waals surface area (Å²) < 4.78 is 1.07. The molecule has 5 rings (SSSR count). The van der Waals surface area contributed by atoms with Crippen LogP contribution in [0, 0.1) is 0 Å². The van der Waals surface area contributed by atoms with Gasteiger partial charge in [-0.25, -0.2) is 4.98 Å². The number of benzene rings is 2. The van der Waals surface area contributed by atoms with E-state index < -0.39 is 0 Å². The molecule has 3 heterocycles. The average Bonchev–Trinajstić information content (AvgIpc) is 3.11. The standard InChI is InChI=1S/C22H19BrN4O/c23-16-6-7-19-17(10-16)15(11-24-19)12-27-9-8-20-18(13-27)22(28)26-21(25-20)14-4-2-1-3-5-14/h1-7,10-11,24H,8-9,12-13H2,(H,25,26,28). The van der Waals surface area contributed by atoms with Crippen molar-refractivity contribution in [2.45, 2.75) is 19.5 Å². The van der Waals surface area contributed by atoms with E-state index in [2.05, 4.69) is 49.1 Å². The topological polar surface area (TPSA) is 64.8 Å². The molecule has 1 aliphatic rings. The molecule has 28 heavy (non-hydrogen) atoms. The molecule has 0 amide bonds. The van der Waals surface area contributed by atoms with Gasteiger partial charge in [0.25, 0.3) is 5.56 Å². The molecule has 5 nitrogen and oxygen atoms in total.